The predicted molar refractivity (Wildman–Crippen MR) is 31.8 cm³/mol. The van der Waals surface area contributed by atoms with Gasteiger partial charge in [0, 0.05) is 0 Å². The molecule has 0 bridgehead atoms. The summed E-state index contributed by atoms with van der Waals surface area (Å²) in [6.07, 6.45) is 3.21. The molecule has 0 aromatic rings. The summed E-state index contributed by atoms with van der Waals surface area (Å²) < 4.78 is 0. The van der Waals surface area contributed by atoms with Gasteiger partial charge in [0.2, 0.25) is 0 Å². The van der Waals surface area contributed by atoms with Crippen molar-refractivity contribution in [1.29, 1.82) is 0 Å². The second kappa shape index (κ2) is 5.60. The Morgan fingerprint density at radius 2 is 2.71 bits per heavy atom. The number of carbonyl (C=O) groups excluding carboxylic acids is 1. The Bertz CT molecular complexity index is 77.8. The van der Waals surface area contributed by atoms with Crippen LogP contribution in [0.25, 0.3) is 0 Å². The zero-order chi connectivity index (χ0) is 5.54. The molecule has 0 rings (SSSR count). The van der Waals surface area contributed by atoms with Gasteiger partial charge in [-0.1, -0.05) is 0 Å². The van der Waals surface area contributed by atoms with E-state index in [0.29, 0.717) is 0 Å². The minimum absolute atomic E-state index is 0.773. The SMILES string of the molecule is CSCNC=C=O. The molecule has 0 aliphatic rings. The van der Waals surface area contributed by atoms with Crippen LogP contribution in [0.1, 0.15) is 0 Å². The van der Waals surface area contributed by atoms with Crippen LogP contribution in [0.15, 0.2) is 6.20 Å². The van der Waals surface area contributed by atoms with E-state index >= 15 is 0 Å². The highest BCUT2D eigenvalue weighted by Crippen LogP contribution is 1.82. The molecule has 0 saturated carbocycles. The fourth-order valence-electron chi connectivity index (χ4n) is 0.167. The number of nitrogens with one attached hydrogen (secondary N) is 1. The van der Waals surface area contributed by atoms with Crippen LogP contribution < -0.4 is 5.32 Å². The molecule has 7 heavy (non-hydrogen) atoms. The van der Waals surface area contributed by atoms with Gasteiger partial charge in [0.15, 0.2) is 0 Å². The predicted octanol–water partition coefficient (Wildman–Crippen LogP) is 0.242. The van der Waals surface area contributed by atoms with Crippen LogP contribution in [0.3, 0.4) is 0 Å². The van der Waals surface area contributed by atoms with Crippen molar-refractivity contribution in [2.75, 3.05) is 12.1 Å². The number of thioether (sulfide) groups is 1. The van der Waals surface area contributed by atoms with Gasteiger partial charge in [0.05, 0.1) is 12.1 Å². The Labute approximate surface area is 47.0 Å². The second-order valence-electron chi connectivity index (χ2n) is 0.899. The van der Waals surface area contributed by atoms with Gasteiger partial charge < -0.3 is 5.32 Å². The number of rotatable bonds is 3. The Hall–Kier alpha value is -0.400. The lowest BCUT2D eigenvalue weighted by Gasteiger charge is -1.88. The van der Waals surface area contributed by atoms with E-state index in [4.69, 9.17) is 0 Å². The average Bonchev–Trinajstić information content (AvgIpc) is 1.69. The lowest BCUT2D eigenvalue weighted by molar-refractivity contribution is 0.567. The first-order chi connectivity index (χ1) is 3.41. The van der Waals surface area contributed by atoms with Crippen molar-refractivity contribution in [2.24, 2.45) is 0 Å². The van der Waals surface area contributed by atoms with Gasteiger partial charge in [-0.05, 0) is 6.26 Å². The van der Waals surface area contributed by atoms with Crippen molar-refractivity contribution in [3.63, 3.8) is 0 Å². The molecule has 0 spiro atoms. The molecule has 0 saturated heterocycles. The molecular weight excluding hydrogens is 110 g/mol. The Kier molecular flexibility index (Phi) is 5.28. The third-order valence-electron chi connectivity index (χ3n) is 0.389. The monoisotopic (exact) mass is 117 g/mol. The third kappa shape index (κ3) is 5.60. The summed E-state index contributed by atoms with van der Waals surface area (Å²) in [4.78, 5) is 9.43. The molecule has 0 unspecified atom stereocenters. The first kappa shape index (κ1) is 6.60. The van der Waals surface area contributed by atoms with Gasteiger partial charge in [-0.2, -0.15) is 0 Å². The molecule has 0 aliphatic carbocycles. The summed E-state index contributed by atoms with van der Waals surface area (Å²) in [5.74, 6) is 2.38. The standard InChI is InChI=1S/C4H7NOS/c1-7-4-5-2-3-6/h2,5H,4H2,1H3. The van der Waals surface area contributed by atoms with Gasteiger partial charge in [0.1, 0.15) is 5.94 Å². The Morgan fingerprint density at radius 3 is 3.14 bits per heavy atom. The molecule has 0 aromatic heterocycles. The molecular formula is C4H7NOS. The summed E-state index contributed by atoms with van der Waals surface area (Å²) in [6, 6.07) is 0. The van der Waals surface area contributed by atoms with Gasteiger partial charge in [-0.15, -0.1) is 11.8 Å². The summed E-state index contributed by atoms with van der Waals surface area (Å²) >= 11 is 1.62. The van der Waals surface area contributed by atoms with Crippen molar-refractivity contribution in [3.8, 4) is 0 Å². The minimum Gasteiger partial charge on any atom is -0.373 e. The number of hydrogen-bond donors (Lipinski definition) is 1. The van der Waals surface area contributed by atoms with Gasteiger partial charge in [0.25, 0.3) is 0 Å². The summed E-state index contributed by atoms with van der Waals surface area (Å²) in [7, 11) is 0. The van der Waals surface area contributed by atoms with Crippen LogP contribution in [-0.4, -0.2) is 18.1 Å². The zero-order valence-electron chi connectivity index (χ0n) is 4.10. The Balaban J connectivity index is 2.83. The lowest BCUT2D eigenvalue weighted by atomic mass is 11.0. The van der Waals surface area contributed by atoms with E-state index in [9.17, 15) is 4.79 Å². The maximum absolute atomic E-state index is 9.43. The largest absolute Gasteiger partial charge is 0.373 e. The van der Waals surface area contributed by atoms with Gasteiger partial charge >= 0.3 is 0 Å². The van der Waals surface area contributed by atoms with E-state index < -0.39 is 0 Å². The normalized spacial score (nSPS) is 7.00. The van der Waals surface area contributed by atoms with Crippen molar-refractivity contribution in [2.45, 2.75) is 0 Å². The fourth-order valence-corrected chi connectivity index (χ4v) is 0.417. The molecule has 0 aliphatic heterocycles. The van der Waals surface area contributed by atoms with E-state index in [2.05, 4.69) is 5.32 Å². The van der Waals surface area contributed by atoms with Crippen molar-refractivity contribution in [3.05, 3.63) is 6.20 Å². The molecule has 2 nitrogen and oxygen atoms in total. The molecule has 3 heteroatoms. The van der Waals surface area contributed by atoms with E-state index in [1.165, 1.54) is 6.20 Å². The summed E-state index contributed by atoms with van der Waals surface area (Å²) in [6.45, 7) is 0. The van der Waals surface area contributed by atoms with E-state index in [1.807, 2.05) is 6.26 Å². The zero-order valence-corrected chi connectivity index (χ0v) is 4.92. The topological polar surface area (TPSA) is 29.1 Å². The van der Waals surface area contributed by atoms with Crippen LogP contribution in [0.4, 0.5) is 0 Å². The molecule has 40 valence electrons. The van der Waals surface area contributed by atoms with Crippen molar-refractivity contribution >= 4 is 17.7 Å². The number of hydrogen-bond acceptors (Lipinski definition) is 3. The molecule has 0 aromatic carbocycles. The van der Waals surface area contributed by atoms with Gasteiger partial charge in [-0.25, -0.2) is 4.79 Å². The van der Waals surface area contributed by atoms with Crippen LogP contribution in [-0.2, 0) is 4.79 Å². The maximum atomic E-state index is 9.43. The van der Waals surface area contributed by atoms with Crippen LogP contribution in [0, 0.1) is 0 Å². The highest BCUT2D eigenvalue weighted by atomic mass is 32.2. The average molecular weight is 117 g/mol. The minimum atomic E-state index is 0.773. The molecule has 0 heterocycles. The second-order valence-corrected chi connectivity index (χ2v) is 1.77. The summed E-state index contributed by atoms with van der Waals surface area (Å²) in [5, 5.41) is 2.70. The first-order valence-corrected chi connectivity index (χ1v) is 3.23. The molecule has 0 atom stereocenters. The fraction of sp³-hybridized carbons (Fsp3) is 0.500. The van der Waals surface area contributed by atoms with Gasteiger partial charge in [-0.3, -0.25) is 0 Å². The highest BCUT2D eigenvalue weighted by Gasteiger charge is 1.69. The van der Waals surface area contributed by atoms with Crippen LogP contribution in [0.5, 0.6) is 0 Å². The van der Waals surface area contributed by atoms with E-state index in [0.717, 1.165) is 5.88 Å². The van der Waals surface area contributed by atoms with E-state index in [1.54, 1.807) is 17.7 Å². The van der Waals surface area contributed by atoms with Crippen LogP contribution >= 0.6 is 11.8 Å². The van der Waals surface area contributed by atoms with Crippen molar-refractivity contribution < 1.29 is 4.79 Å². The van der Waals surface area contributed by atoms with Crippen molar-refractivity contribution in [1.82, 2.24) is 5.32 Å². The highest BCUT2D eigenvalue weighted by molar-refractivity contribution is 7.98. The lowest BCUT2D eigenvalue weighted by Crippen LogP contribution is -2.01. The Morgan fingerprint density at radius 1 is 2.00 bits per heavy atom. The maximum Gasteiger partial charge on any atom is 0.141 e. The van der Waals surface area contributed by atoms with E-state index in [-0.39, 0.29) is 0 Å². The smallest absolute Gasteiger partial charge is 0.141 e. The molecule has 1 N–H and O–H groups in total. The molecule has 0 radical (unpaired) electrons. The third-order valence-corrected chi connectivity index (χ3v) is 0.844. The quantitative estimate of drug-likeness (QED) is 0.326. The molecule has 0 amide bonds. The van der Waals surface area contributed by atoms with Crippen LogP contribution in [0.2, 0.25) is 0 Å². The summed E-state index contributed by atoms with van der Waals surface area (Å²) in [5.41, 5.74) is 0. The molecule has 0 fully saturated rings. The first-order valence-electron chi connectivity index (χ1n) is 1.83.